The van der Waals surface area contributed by atoms with Crippen molar-refractivity contribution in [3.05, 3.63) is 48.0 Å². The lowest BCUT2D eigenvalue weighted by Crippen LogP contribution is -1.51. The maximum atomic E-state index is 2.29. The molecule has 0 N–H and O–H groups in total. The first-order chi connectivity index (χ1) is 5.43. The third kappa shape index (κ3) is 3.25. The summed E-state index contributed by atoms with van der Waals surface area (Å²) in [6, 6.07) is 12.5. The van der Waals surface area contributed by atoms with Gasteiger partial charge in [-0.3, -0.25) is 0 Å². The van der Waals surface area contributed by atoms with Gasteiger partial charge in [-0.15, -0.1) is 7.53 Å². The maximum absolute atomic E-state index is 2.29. The van der Waals surface area contributed by atoms with Crippen LogP contribution in [0.3, 0.4) is 0 Å². The molecule has 1 rings (SSSR count). The van der Waals surface area contributed by atoms with Crippen molar-refractivity contribution in [2.24, 2.45) is 0 Å². The summed E-state index contributed by atoms with van der Waals surface area (Å²) in [5, 5.41) is 0. The molecule has 0 saturated heterocycles. The van der Waals surface area contributed by atoms with E-state index in [9.17, 15) is 0 Å². The smallest absolute Gasteiger partial charge is 0.0170 e. The quantitative estimate of drug-likeness (QED) is 0.592. The Kier molecular flexibility index (Phi) is 3.79. The maximum Gasteiger partial charge on any atom is -0.0170 e. The minimum atomic E-state index is 0.00617. The molecule has 0 nitrogen and oxygen atoms in total. The lowest BCUT2D eigenvalue weighted by atomic mass is 10.5. The largest absolute Gasteiger partial charge is 0.125 e. The van der Waals surface area contributed by atoms with Crippen LogP contribution in [-0.4, -0.2) is 0 Å². The van der Waals surface area contributed by atoms with E-state index in [0.29, 0.717) is 0 Å². The summed E-state index contributed by atoms with van der Waals surface area (Å²) in [6.45, 7) is 2.23. The average Bonchev–Trinajstić information content (AvgIpc) is 2.16. The number of aryl methyl sites for hydroxylation is 1. The Hall–Kier alpha value is -0.740. The zero-order valence-corrected chi connectivity index (χ0v) is 7.67. The highest BCUT2D eigenvalue weighted by atomic mass is 31.1. The van der Waals surface area contributed by atoms with E-state index in [4.69, 9.17) is 0 Å². The highest BCUT2D eigenvalue weighted by Crippen LogP contribution is 2.23. The van der Waals surface area contributed by atoms with Gasteiger partial charge in [-0.1, -0.05) is 43.3 Å². The molecule has 0 aliphatic heterocycles. The van der Waals surface area contributed by atoms with Gasteiger partial charge in [0.05, 0.1) is 0 Å². The van der Waals surface area contributed by atoms with Crippen LogP contribution in [0.15, 0.2) is 48.0 Å². The molecule has 0 amide bonds. The highest BCUT2D eigenvalue weighted by molar-refractivity contribution is 7.47. The summed E-state index contributed by atoms with van der Waals surface area (Å²) in [5.41, 5.74) is 0. The van der Waals surface area contributed by atoms with Crippen molar-refractivity contribution in [2.75, 3.05) is 0 Å². The van der Waals surface area contributed by atoms with E-state index in [2.05, 4.69) is 54.9 Å². The first kappa shape index (κ1) is 8.36. The van der Waals surface area contributed by atoms with Crippen LogP contribution >= 0.6 is 7.53 Å². The second-order valence-corrected chi connectivity index (χ2v) is 4.54. The normalized spacial score (nSPS) is 8.82. The monoisotopic (exact) mass is 164 g/mol. The Morgan fingerprint density at radius 1 is 0.818 bits per heavy atom. The van der Waals surface area contributed by atoms with E-state index < -0.39 is 0 Å². The third-order valence-corrected chi connectivity index (χ3v) is 3.32. The molecular formula is C10H13P. The molecule has 0 atom stereocenters. The van der Waals surface area contributed by atoms with Crippen molar-refractivity contribution in [2.45, 2.75) is 13.1 Å². The Bertz CT molecular complexity index is 225. The standard InChI is InChI=1S/C10H13P/c1-2-11-9-7-5-3-4-6-8-10-11/h3-10H,2H2,1H3. The predicted molar refractivity (Wildman–Crippen MR) is 52.5 cm³/mol. The van der Waals surface area contributed by atoms with E-state index in [1.807, 2.05) is 0 Å². The van der Waals surface area contributed by atoms with Gasteiger partial charge < -0.3 is 0 Å². The predicted octanol–water partition coefficient (Wildman–Crippen LogP) is 3.82. The minimum absolute atomic E-state index is 0.00617. The highest BCUT2D eigenvalue weighted by Gasteiger charge is 1.76. The third-order valence-electron chi connectivity index (χ3n) is 1.48. The average molecular weight is 164 g/mol. The van der Waals surface area contributed by atoms with E-state index >= 15 is 0 Å². The second-order valence-electron chi connectivity index (χ2n) is 2.28. The Morgan fingerprint density at radius 2 is 1.27 bits per heavy atom. The fourth-order valence-electron chi connectivity index (χ4n) is 0.838. The van der Waals surface area contributed by atoms with Gasteiger partial charge in [0.1, 0.15) is 0 Å². The van der Waals surface area contributed by atoms with Gasteiger partial charge in [0.2, 0.25) is 0 Å². The van der Waals surface area contributed by atoms with E-state index in [1.54, 1.807) is 0 Å². The Balaban J connectivity index is 3.07. The van der Waals surface area contributed by atoms with Crippen LogP contribution in [-0.2, 0) is 6.16 Å². The molecule has 1 heterocycles. The van der Waals surface area contributed by atoms with Crippen LogP contribution < -0.4 is 0 Å². The molecule has 0 aromatic carbocycles. The molecule has 1 aromatic heterocycles. The number of rotatable bonds is 1. The van der Waals surface area contributed by atoms with Crippen LogP contribution in [0.2, 0.25) is 0 Å². The molecular weight excluding hydrogens is 151 g/mol. The minimum Gasteiger partial charge on any atom is -0.125 e. The van der Waals surface area contributed by atoms with Crippen molar-refractivity contribution in [3.63, 3.8) is 0 Å². The SMILES string of the molecule is CCp1cccccccc1. The molecule has 0 fully saturated rings. The molecule has 0 spiro atoms. The molecule has 1 heteroatoms. The summed E-state index contributed by atoms with van der Waals surface area (Å²) >= 11 is 0. The van der Waals surface area contributed by atoms with Gasteiger partial charge in [0, 0.05) is 0 Å². The topological polar surface area (TPSA) is 0 Å². The van der Waals surface area contributed by atoms with Crippen LogP contribution in [0.25, 0.3) is 0 Å². The second kappa shape index (κ2) is 4.98. The molecule has 11 heavy (non-hydrogen) atoms. The van der Waals surface area contributed by atoms with Gasteiger partial charge in [-0.05, 0) is 17.8 Å². The van der Waals surface area contributed by atoms with Gasteiger partial charge in [-0.2, -0.15) is 0 Å². The molecule has 0 aliphatic rings. The number of hydrogen-bond acceptors (Lipinski definition) is 0. The van der Waals surface area contributed by atoms with Crippen molar-refractivity contribution in [3.8, 4) is 0 Å². The lowest BCUT2D eigenvalue weighted by Gasteiger charge is -1.87. The summed E-state index contributed by atoms with van der Waals surface area (Å²) in [7, 11) is 0.00617. The van der Waals surface area contributed by atoms with Gasteiger partial charge in [0.25, 0.3) is 0 Å². The summed E-state index contributed by atoms with van der Waals surface area (Å²) < 4.78 is 0. The van der Waals surface area contributed by atoms with Crippen molar-refractivity contribution in [1.29, 1.82) is 0 Å². The van der Waals surface area contributed by atoms with E-state index in [0.717, 1.165) is 0 Å². The number of hydrogen-bond donors (Lipinski definition) is 0. The van der Waals surface area contributed by atoms with Crippen LogP contribution in [0.4, 0.5) is 0 Å². The van der Waals surface area contributed by atoms with Crippen molar-refractivity contribution >= 4 is 7.53 Å². The lowest BCUT2D eigenvalue weighted by molar-refractivity contribution is 1.38. The molecule has 1 aromatic rings. The van der Waals surface area contributed by atoms with Gasteiger partial charge in [-0.25, -0.2) is 0 Å². The molecule has 0 saturated carbocycles. The first-order valence-electron chi connectivity index (χ1n) is 3.87. The van der Waals surface area contributed by atoms with Gasteiger partial charge in [0.15, 0.2) is 0 Å². The Labute approximate surface area is 69.3 Å². The van der Waals surface area contributed by atoms with Crippen molar-refractivity contribution in [1.82, 2.24) is 0 Å². The fourth-order valence-corrected chi connectivity index (χ4v) is 2.00. The molecule has 58 valence electrons. The zero-order chi connectivity index (χ0) is 7.94. The molecule has 0 aliphatic carbocycles. The van der Waals surface area contributed by atoms with Crippen LogP contribution in [0.5, 0.6) is 0 Å². The van der Waals surface area contributed by atoms with Crippen molar-refractivity contribution < 1.29 is 0 Å². The molecule has 0 bridgehead atoms. The Morgan fingerprint density at radius 3 is 1.73 bits per heavy atom. The van der Waals surface area contributed by atoms with Crippen LogP contribution in [0, 0.1) is 0 Å². The fraction of sp³-hybridized carbons (Fsp3) is 0.200. The summed E-state index contributed by atoms with van der Waals surface area (Å²) in [6.07, 6.45) is 1.24. The van der Waals surface area contributed by atoms with Crippen LogP contribution in [0.1, 0.15) is 6.92 Å². The van der Waals surface area contributed by atoms with E-state index in [1.165, 1.54) is 6.16 Å². The first-order valence-corrected chi connectivity index (χ1v) is 5.54. The molecule has 0 unspecified atom stereocenters. The summed E-state index contributed by atoms with van der Waals surface area (Å²) in [4.78, 5) is 0. The molecule has 0 radical (unpaired) electrons. The zero-order valence-electron chi connectivity index (χ0n) is 6.77. The van der Waals surface area contributed by atoms with E-state index in [-0.39, 0.29) is 7.53 Å². The summed E-state index contributed by atoms with van der Waals surface area (Å²) in [5.74, 6) is 4.57. The van der Waals surface area contributed by atoms with Gasteiger partial charge >= 0.3 is 0 Å².